The quantitative estimate of drug-likeness (QED) is 0.703. The van der Waals surface area contributed by atoms with E-state index in [2.05, 4.69) is 11.4 Å². The first-order chi connectivity index (χ1) is 9.51. The molecule has 0 fully saturated rings. The average molecular weight is 281 g/mol. The Balaban J connectivity index is 5.09. The van der Waals surface area contributed by atoms with Crippen molar-refractivity contribution in [1.29, 1.82) is 5.26 Å². The van der Waals surface area contributed by atoms with E-state index in [0.717, 1.165) is 12.8 Å². The minimum absolute atomic E-state index is 0.0278. The summed E-state index contributed by atoms with van der Waals surface area (Å²) in [6.07, 6.45) is 2.64. The second-order valence-corrected chi connectivity index (χ2v) is 4.97. The SMILES string of the molecule is CCCC(C#N)(CCC)C(=O)N(CC)CC(=O)NCC. The molecule has 0 atom stereocenters. The van der Waals surface area contributed by atoms with Crippen molar-refractivity contribution in [1.82, 2.24) is 10.2 Å². The summed E-state index contributed by atoms with van der Waals surface area (Å²) in [6.45, 7) is 8.61. The molecule has 20 heavy (non-hydrogen) atoms. The average Bonchev–Trinajstić information content (AvgIpc) is 2.44. The molecule has 0 aliphatic rings. The molecule has 0 spiro atoms. The lowest BCUT2D eigenvalue weighted by molar-refractivity contribution is -0.142. The third-order valence-electron chi connectivity index (χ3n) is 3.35. The fourth-order valence-corrected chi connectivity index (χ4v) is 2.41. The molecular formula is C15H27N3O2. The summed E-state index contributed by atoms with van der Waals surface area (Å²) in [4.78, 5) is 25.8. The molecule has 0 bridgehead atoms. The van der Waals surface area contributed by atoms with E-state index >= 15 is 0 Å². The van der Waals surface area contributed by atoms with Gasteiger partial charge in [-0.15, -0.1) is 0 Å². The number of hydrogen-bond acceptors (Lipinski definition) is 3. The molecule has 0 heterocycles. The van der Waals surface area contributed by atoms with E-state index in [9.17, 15) is 14.9 Å². The second-order valence-electron chi connectivity index (χ2n) is 4.97. The predicted octanol–water partition coefficient (Wildman–Crippen LogP) is 2.08. The normalized spacial score (nSPS) is 10.8. The monoisotopic (exact) mass is 281 g/mol. The smallest absolute Gasteiger partial charge is 0.243 e. The summed E-state index contributed by atoms with van der Waals surface area (Å²) < 4.78 is 0. The van der Waals surface area contributed by atoms with Crippen LogP contribution in [0.25, 0.3) is 0 Å². The van der Waals surface area contributed by atoms with Crippen LogP contribution in [0.3, 0.4) is 0 Å². The van der Waals surface area contributed by atoms with Crippen LogP contribution in [0.1, 0.15) is 53.4 Å². The predicted molar refractivity (Wildman–Crippen MR) is 78.8 cm³/mol. The second kappa shape index (κ2) is 9.35. The first kappa shape index (κ1) is 18.4. The molecule has 0 unspecified atom stereocenters. The molecule has 114 valence electrons. The lowest BCUT2D eigenvalue weighted by Crippen LogP contribution is -2.47. The molecule has 0 radical (unpaired) electrons. The molecule has 5 heteroatoms. The maximum Gasteiger partial charge on any atom is 0.243 e. The van der Waals surface area contributed by atoms with Crippen LogP contribution < -0.4 is 5.32 Å². The van der Waals surface area contributed by atoms with Crippen LogP contribution in [0.5, 0.6) is 0 Å². The first-order valence-corrected chi connectivity index (χ1v) is 7.48. The lowest BCUT2D eigenvalue weighted by atomic mass is 9.79. The molecule has 5 nitrogen and oxygen atoms in total. The van der Waals surface area contributed by atoms with Crippen LogP contribution in [0, 0.1) is 16.7 Å². The molecule has 1 N–H and O–H groups in total. The Hall–Kier alpha value is -1.57. The number of nitrogens with one attached hydrogen (secondary N) is 1. The van der Waals surface area contributed by atoms with Gasteiger partial charge in [-0.25, -0.2) is 0 Å². The third kappa shape index (κ3) is 4.84. The van der Waals surface area contributed by atoms with Gasteiger partial charge in [-0.2, -0.15) is 5.26 Å². The Morgan fingerprint density at radius 1 is 1.15 bits per heavy atom. The third-order valence-corrected chi connectivity index (χ3v) is 3.35. The summed E-state index contributed by atoms with van der Waals surface area (Å²) in [5.41, 5.74) is -0.980. The van der Waals surface area contributed by atoms with E-state index in [4.69, 9.17) is 0 Å². The van der Waals surface area contributed by atoms with E-state index in [1.165, 1.54) is 4.90 Å². The number of carbonyl (C=O) groups is 2. The van der Waals surface area contributed by atoms with Crippen LogP contribution in [-0.4, -0.2) is 36.3 Å². The molecule has 0 aliphatic carbocycles. The Morgan fingerprint density at radius 3 is 2.05 bits per heavy atom. The molecule has 2 amide bonds. The van der Waals surface area contributed by atoms with Gasteiger partial charge in [0.05, 0.1) is 12.6 Å². The lowest BCUT2D eigenvalue weighted by Gasteiger charge is -2.31. The van der Waals surface area contributed by atoms with Gasteiger partial charge < -0.3 is 10.2 Å². The summed E-state index contributed by atoms with van der Waals surface area (Å²) in [5.74, 6) is -0.389. The van der Waals surface area contributed by atoms with Gasteiger partial charge in [0.25, 0.3) is 0 Å². The molecule has 0 saturated heterocycles. The molecule has 0 aromatic carbocycles. The highest BCUT2D eigenvalue weighted by Gasteiger charge is 2.40. The molecule has 0 aliphatic heterocycles. The number of nitrogens with zero attached hydrogens (tertiary/aromatic N) is 2. The van der Waals surface area contributed by atoms with Gasteiger partial charge in [0.2, 0.25) is 11.8 Å². The molecule has 0 saturated carbocycles. The highest BCUT2D eigenvalue weighted by molar-refractivity contribution is 5.89. The summed E-state index contributed by atoms with van der Waals surface area (Å²) in [5, 5.41) is 12.2. The van der Waals surface area contributed by atoms with Crippen molar-refractivity contribution in [3.63, 3.8) is 0 Å². The standard InChI is InChI=1S/C15H27N3O2/c1-5-9-15(12-16,10-6-2)14(20)18(8-4)11-13(19)17-7-3/h5-11H2,1-4H3,(H,17,19). The van der Waals surface area contributed by atoms with Crippen LogP contribution in [-0.2, 0) is 9.59 Å². The Morgan fingerprint density at radius 2 is 1.70 bits per heavy atom. The Kier molecular flexibility index (Phi) is 8.62. The van der Waals surface area contributed by atoms with Gasteiger partial charge >= 0.3 is 0 Å². The number of likely N-dealkylation sites (N-methyl/N-ethyl adjacent to an activating group) is 2. The zero-order chi connectivity index (χ0) is 15.6. The topological polar surface area (TPSA) is 73.2 Å². The molecule has 0 rings (SSSR count). The van der Waals surface area contributed by atoms with E-state index in [1.807, 2.05) is 27.7 Å². The summed E-state index contributed by atoms with van der Waals surface area (Å²) >= 11 is 0. The van der Waals surface area contributed by atoms with Crippen molar-refractivity contribution in [2.24, 2.45) is 5.41 Å². The van der Waals surface area contributed by atoms with E-state index in [-0.39, 0.29) is 18.4 Å². The van der Waals surface area contributed by atoms with Crippen LogP contribution in [0.2, 0.25) is 0 Å². The van der Waals surface area contributed by atoms with Crippen molar-refractivity contribution in [3.05, 3.63) is 0 Å². The van der Waals surface area contributed by atoms with Gasteiger partial charge in [-0.3, -0.25) is 9.59 Å². The van der Waals surface area contributed by atoms with E-state index < -0.39 is 5.41 Å². The largest absolute Gasteiger partial charge is 0.355 e. The Bertz CT molecular complexity index is 355. The highest BCUT2D eigenvalue weighted by atomic mass is 16.2. The van der Waals surface area contributed by atoms with Crippen molar-refractivity contribution in [2.75, 3.05) is 19.6 Å². The maximum atomic E-state index is 12.7. The minimum atomic E-state index is -0.980. The van der Waals surface area contributed by atoms with Gasteiger partial charge in [0.15, 0.2) is 0 Å². The maximum absolute atomic E-state index is 12.7. The molecule has 0 aromatic heterocycles. The number of carbonyl (C=O) groups excluding carboxylic acids is 2. The van der Waals surface area contributed by atoms with Gasteiger partial charge in [0.1, 0.15) is 5.41 Å². The van der Waals surface area contributed by atoms with Gasteiger partial charge in [0, 0.05) is 13.1 Å². The van der Waals surface area contributed by atoms with Crippen molar-refractivity contribution >= 4 is 11.8 Å². The fraction of sp³-hybridized carbons (Fsp3) is 0.800. The van der Waals surface area contributed by atoms with E-state index in [1.54, 1.807) is 0 Å². The zero-order valence-electron chi connectivity index (χ0n) is 13.2. The van der Waals surface area contributed by atoms with Crippen molar-refractivity contribution in [2.45, 2.75) is 53.4 Å². The minimum Gasteiger partial charge on any atom is -0.355 e. The highest BCUT2D eigenvalue weighted by Crippen LogP contribution is 2.31. The summed E-state index contributed by atoms with van der Waals surface area (Å²) in [6, 6.07) is 2.21. The summed E-state index contributed by atoms with van der Waals surface area (Å²) in [7, 11) is 0. The number of hydrogen-bond donors (Lipinski definition) is 1. The first-order valence-electron chi connectivity index (χ1n) is 7.48. The fourth-order valence-electron chi connectivity index (χ4n) is 2.41. The number of rotatable bonds is 9. The number of amides is 2. The Labute approximate surface area is 122 Å². The molecule has 0 aromatic rings. The van der Waals surface area contributed by atoms with Gasteiger partial charge in [-0.05, 0) is 26.7 Å². The van der Waals surface area contributed by atoms with Crippen molar-refractivity contribution < 1.29 is 9.59 Å². The van der Waals surface area contributed by atoms with E-state index in [0.29, 0.717) is 25.9 Å². The number of nitriles is 1. The van der Waals surface area contributed by atoms with Crippen LogP contribution in [0.15, 0.2) is 0 Å². The zero-order valence-corrected chi connectivity index (χ0v) is 13.2. The van der Waals surface area contributed by atoms with Crippen LogP contribution >= 0.6 is 0 Å². The van der Waals surface area contributed by atoms with Crippen LogP contribution in [0.4, 0.5) is 0 Å². The van der Waals surface area contributed by atoms with Crippen molar-refractivity contribution in [3.8, 4) is 6.07 Å². The van der Waals surface area contributed by atoms with Gasteiger partial charge in [-0.1, -0.05) is 26.7 Å². The molecular weight excluding hydrogens is 254 g/mol.